The van der Waals surface area contributed by atoms with Gasteiger partial charge < -0.3 is 5.11 Å². The van der Waals surface area contributed by atoms with Crippen molar-refractivity contribution in [2.75, 3.05) is 0 Å². The summed E-state index contributed by atoms with van der Waals surface area (Å²) in [4.78, 5) is 9.99. The van der Waals surface area contributed by atoms with Crippen molar-refractivity contribution in [3.63, 3.8) is 0 Å². The summed E-state index contributed by atoms with van der Waals surface area (Å²) in [6.07, 6.45) is 5.20. The average Bonchev–Trinajstić information content (AvgIpc) is 2.74. The molecular weight excluding hydrogens is 232 g/mol. The molecule has 17 heavy (non-hydrogen) atoms. The second-order valence-electron chi connectivity index (χ2n) is 4.32. The molecule has 4 heteroatoms. The summed E-state index contributed by atoms with van der Waals surface area (Å²) in [5.74, 6) is 0. The van der Waals surface area contributed by atoms with E-state index in [0.29, 0.717) is 0 Å². The van der Waals surface area contributed by atoms with Gasteiger partial charge in [0.2, 0.25) is 0 Å². The zero-order chi connectivity index (χ0) is 11.7. The van der Waals surface area contributed by atoms with Gasteiger partial charge in [-0.05, 0) is 31.4 Å². The van der Waals surface area contributed by atoms with Crippen LogP contribution in [0, 0.1) is 0 Å². The molecule has 0 radical (unpaired) electrons. The van der Waals surface area contributed by atoms with Crippen LogP contribution >= 0.6 is 11.3 Å². The van der Waals surface area contributed by atoms with Gasteiger partial charge in [0.1, 0.15) is 0 Å². The van der Waals surface area contributed by atoms with E-state index in [2.05, 4.69) is 9.97 Å². The fourth-order valence-corrected chi connectivity index (χ4v) is 3.33. The number of aliphatic hydroxyl groups excluding tert-OH is 1. The van der Waals surface area contributed by atoms with Crippen molar-refractivity contribution in [2.45, 2.75) is 31.8 Å². The molecule has 0 fully saturated rings. The van der Waals surface area contributed by atoms with Crippen LogP contribution in [0.1, 0.15) is 40.2 Å². The Balaban J connectivity index is 1.85. The van der Waals surface area contributed by atoms with Gasteiger partial charge in [-0.1, -0.05) is 6.07 Å². The van der Waals surface area contributed by atoms with Gasteiger partial charge in [0.25, 0.3) is 0 Å². The molecule has 1 N–H and O–H groups in total. The maximum Gasteiger partial charge on any atom is 0.0991 e. The number of aliphatic hydroxyl groups is 1. The second kappa shape index (κ2) is 4.55. The summed E-state index contributed by atoms with van der Waals surface area (Å²) in [5, 5.41) is 11.0. The Kier molecular flexibility index (Phi) is 2.91. The SMILES string of the molecule is OC1CCCc2nc(Cc3ccccn3)sc21. The van der Waals surface area contributed by atoms with Gasteiger partial charge in [-0.3, -0.25) is 4.98 Å². The summed E-state index contributed by atoms with van der Waals surface area (Å²) in [6, 6.07) is 5.92. The van der Waals surface area contributed by atoms with Crippen LogP contribution in [-0.4, -0.2) is 15.1 Å². The van der Waals surface area contributed by atoms with Gasteiger partial charge in [-0.25, -0.2) is 4.98 Å². The van der Waals surface area contributed by atoms with Crippen molar-refractivity contribution in [1.82, 2.24) is 9.97 Å². The number of nitrogens with zero attached hydrogens (tertiary/aromatic N) is 2. The van der Waals surface area contributed by atoms with Crippen LogP contribution in [0.25, 0.3) is 0 Å². The molecule has 0 aliphatic heterocycles. The Morgan fingerprint density at radius 3 is 3.12 bits per heavy atom. The molecule has 0 bridgehead atoms. The summed E-state index contributed by atoms with van der Waals surface area (Å²) < 4.78 is 0. The first-order valence-electron chi connectivity index (χ1n) is 5.89. The quantitative estimate of drug-likeness (QED) is 0.885. The minimum absolute atomic E-state index is 0.297. The Morgan fingerprint density at radius 1 is 1.41 bits per heavy atom. The first kappa shape index (κ1) is 10.9. The van der Waals surface area contributed by atoms with Gasteiger partial charge in [0.15, 0.2) is 0 Å². The molecule has 2 heterocycles. The normalized spacial score (nSPS) is 19.0. The molecule has 3 nitrogen and oxygen atoms in total. The van der Waals surface area contributed by atoms with E-state index in [1.165, 1.54) is 0 Å². The number of aromatic nitrogens is 2. The Morgan fingerprint density at radius 2 is 2.35 bits per heavy atom. The molecule has 0 aromatic carbocycles. The Hall–Kier alpha value is -1.26. The molecule has 88 valence electrons. The monoisotopic (exact) mass is 246 g/mol. The Bertz CT molecular complexity index is 509. The summed E-state index contributed by atoms with van der Waals surface area (Å²) in [5.41, 5.74) is 2.13. The maximum absolute atomic E-state index is 9.90. The molecule has 1 atom stereocenters. The zero-order valence-electron chi connectivity index (χ0n) is 9.47. The molecule has 2 aromatic heterocycles. The van der Waals surface area contributed by atoms with E-state index < -0.39 is 0 Å². The van der Waals surface area contributed by atoms with Gasteiger partial charge in [-0.2, -0.15) is 0 Å². The minimum atomic E-state index is -0.297. The summed E-state index contributed by atoms with van der Waals surface area (Å²) >= 11 is 1.64. The number of pyridine rings is 1. The molecule has 1 unspecified atom stereocenters. The smallest absolute Gasteiger partial charge is 0.0991 e. The minimum Gasteiger partial charge on any atom is -0.388 e. The van der Waals surface area contributed by atoms with Crippen LogP contribution in [0.4, 0.5) is 0 Å². The van der Waals surface area contributed by atoms with E-state index in [0.717, 1.165) is 47.0 Å². The highest BCUT2D eigenvalue weighted by Crippen LogP contribution is 2.34. The van der Waals surface area contributed by atoms with Crippen molar-refractivity contribution in [2.24, 2.45) is 0 Å². The van der Waals surface area contributed by atoms with E-state index in [4.69, 9.17) is 0 Å². The van der Waals surface area contributed by atoms with Crippen molar-refractivity contribution in [1.29, 1.82) is 0 Å². The van der Waals surface area contributed by atoms with Crippen LogP contribution < -0.4 is 0 Å². The molecule has 0 spiro atoms. The predicted octanol–water partition coefficient (Wildman–Crippen LogP) is 2.50. The first-order valence-corrected chi connectivity index (χ1v) is 6.71. The zero-order valence-corrected chi connectivity index (χ0v) is 10.3. The van der Waals surface area contributed by atoms with E-state index in [9.17, 15) is 5.11 Å². The lowest BCUT2D eigenvalue weighted by Gasteiger charge is -2.14. The third-order valence-corrected chi connectivity index (χ3v) is 4.22. The number of aryl methyl sites for hydroxylation is 1. The first-order chi connectivity index (χ1) is 8.33. The lowest BCUT2D eigenvalue weighted by molar-refractivity contribution is 0.160. The number of rotatable bonds is 2. The van der Waals surface area contributed by atoms with E-state index in [-0.39, 0.29) is 6.10 Å². The molecular formula is C13H14N2OS. The van der Waals surface area contributed by atoms with Crippen LogP contribution in [0.3, 0.4) is 0 Å². The van der Waals surface area contributed by atoms with E-state index in [1.807, 2.05) is 18.2 Å². The third kappa shape index (κ3) is 2.23. The van der Waals surface area contributed by atoms with E-state index in [1.54, 1.807) is 17.5 Å². The van der Waals surface area contributed by atoms with Crippen molar-refractivity contribution in [3.05, 3.63) is 45.7 Å². The third-order valence-electron chi connectivity index (χ3n) is 3.02. The standard InChI is InChI=1S/C13H14N2OS/c16-11-6-3-5-10-13(11)17-12(15-10)8-9-4-1-2-7-14-9/h1-2,4,7,11,16H,3,5-6,8H2. The van der Waals surface area contributed by atoms with Gasteiger partial charge in [0.05, 0.1) is 21.7 Å². The van der Waals surface area contributed by atoms with E-state index >= 15 is 0 Å². The fraction of sp³-hybridized carbons (Fsp3) is 0.385. The lowest BCUT2D eigenvalue weighted by atomic mass is 10.0. The van der Waals surface area contributed by atoms with Crippen molar-refractivity contribution in [3.8, 4) is 0 Å². The number of hydrogen-bond donors (Lipinski definition) is 1. The summed E-state index contributed by atoms with van der Waals surface area (Å²) in [6.45, 7) is 0. The van der Waals surface area contributed by atoms with Crippen LogP contribution in [0.2, 0.25) is 0 Å². The lowest BCUT2D eigenvalue weighted by Crippen LogP contribution is -2.06. The molecule has 0 saturated heterocycles. The van der Waals surface area contributed by atoms with Gasteiger partial charge in [0, 0.05) is 18.3 Å². The highest BCUT2D eigenvalue weighted by atomic mass is 32.1. The van der Waals surface area contributed by atoms with Gasteiger partial charge >= 0.3 is 0 Å². The molecule has 0 amide bonds. The predicted molar refractivity (Wildman–Crippen MR) is 67.1 cm³/mol. The molecule has 0 saturated carbocycles. The van der Waals surface area contributed by atoms with Crippen LogP contribution in [-0.2, 0) is 12.8 Å². The molecule has 3 rings (SSSR count). The van der Waals surface area contributed by atoms with Gasteiger partial charge in [-0.15, -0.1) is 11.3 Å². The molecule has 1 aliphatic carbocycles. The van der Waals surface area contributed by atoms with Crippen LogP contribution in [0.5, 0.6) is 0 Å². The maximum atomic E-state index is 9.90. The van der Waals surface area contributed by atoms with Crippen molar-refractivity contribution >= 4 is 11.3 Å². The molecule has 1 aliphatic rings. The topological polar surface area (TPSA) is 46.0 Å². The second-order valence-corrected chi connectivity index (χ2v) is 5.44. The number of fused-ring (bicyclic) bond motifs is 1. The average molecular weight is 246 g/mol. The number of thiazole rings is 1. The highest BCUT2D eigenvalue weighted by Gasteiger charge is 2.22. The van der Waals surface area contributed by atoms with Crippen molar-refractivity contribution < 1.29 is 5.11 Å². The molecule has 2 aromatic rings. The van der Waals surface area contributed by atoms with Crippen LogP contribution in [0.15, 0.2) is 24.4 Å². The largest absolute Gasteiger partial charge is 0.388 e. The summed E-state index contributed by atoms with van der Waals surface area (Å²) in [7, 11) is 0. The fourth-order valence-electron chi connectivity index (χ4n) is 2.18. The Labute approximate surface area is 104 Å². The number of hydrogen-bond acceptors (Lipinski definition) is 4. The highest BCUT2D eigenvalue weighted by molar-refractivity contribution is 7.11.